The lowest BCUT2D eigenvalue weighted by Gasteiger charge is -2.35. The number of piperazine rings is 1. The zero-order valence-electron chi connectivity index (χ0n) is 13.1. The summed E-state index contributed by atoms with van der Waals surface area (Å²) in [5.74, 6) is 1.60. The molecular weight excluding hydrogens is 288 g/mol. The van der Waals surface area contributed by atoms with E-state index in [1.54, 1.807) is 6.33 Å². The van der Waals surface area contributed by atoms with Crippen molar-refractivity contribution >= 4 is 11.7 Å². The number of anilines is 1. The lowest BCUT2D eigenvalue weighted by atomic mass is 10.1. The largest absolute Gasteiger partial charge is 0.353 e. The van der Waals surface area contributed by atoms with Gasteiger partial charge in [0.05, 0.1) is 5.69 Å². The lowest BCUT2D eigenvalue weighted by molar-refractivity contribution is -0.132. The number of rotatable bonds is 3. The molecule has 0 atom stereocenters. The van der Waals surface area contributed by atoms with Crippen LogP contribution >= 0.6 is 0 Å². The van der Waals surface area contributed by atoms with Gasteiger partial charge in [-0.1, -0.05) is 30.3 Å². The Bertz CT molecular complexity index is 691. The van der Waals surface area contributed by atoms with E-state index >= 15 is 0 Å². The maximum atomic E-state index is 12.1. The van der Waals surface area contributed by atoms with Crippen LogP contribution in [0.4, 0.5) is 5.82 Å². The average Bonchev–Trinajstić information content (AvgIpc) is 3.47. The van der Waals surface area contributed by atoms with Gasteiger partial charge in [-0.25, -0.2) is 9.97 Å². The van der Waals surface area contributed by atoms with Crippen molar-refractivity contribution in [1.82, 2.24) is 14.9 Å². The normalized spacial score (nSPS) is 18.1. The molecule has 1 saturated carbocycles. The second kappa shape index (κ2) is 5.99. The molecule has 5 nitrogen and oxygen atoms in total. The van der Waals surface area contributed by atoms with Crippen LogP contribution in [0.2, 0.25) is 0 Å². The van der Waals surface area contributed by atoms with Gasteiger partial charge in [0.1, 0.15) is 12.1 Å². The van der Waals surface area contributed by atoms with E-state index in [1.165, 1.54) is 0 Å². The van der Waals surface area contributed by atoms with E-state index < -0.39 is 0 Å². The molecule has 118 valence electrons. The maximum Gasteiger partial charge on any atom is 0.225 e. The van der Waals surface area contributed by atoms with Gasteiger partial charge < -0.3 is 9.80 Å². The van der Waals surface area contributed by atoms with Crippen LogP contribution in [0.25, 0.3) is 11.3 Å². The molecule has 2 aromatic rings. The highest BCUT2D eigenvalue weighted by Gasteiger charge is 2.34. The van der Waals surface area contributed by atoms with Crippen molar-refractivity contribution in [3.63, 3.8) is 0 Å². The number of amides is 1. The standard InChI is InChI=1S/C18H20N4O/c23-18(15-6-7-15)22-10-8-21(9-11-22)17-12-16(19-13-20-17)14-4-2-1-3-5-14/h1-5,12-13,15H,6-11H2. The quantitative estimate of drug-likeness (QED) is 0.872. The fraction of sp³-hybridized carbons (Fsp3) is 0.389. The van der Waals surface area contributed by atoms with E-state index in [1.807, 2.05) is 29.2 Å². The van der Waals surface area contributed by atoms with Crippen molar-refractivity contribution in [2.75, 3.05) is 31.1 Å². The molecule has 1 aromatic carbocycles. The molecule has 2 aliphatic rings. The van der Waals surface area contributed by atoms with Crippen LogP contribution in [0.15, 0.2) is 42.7 Å². The number of benzene rings is 1. The van der Waals surface area contributed by atoms with Crippen LogP contribution in [0.5, 0.6) is 0 Å². The van der Waals surface area contributed by atoms with E-state index in [4.69, 9.17) is 0 Å². The smallest absolute Gasteiger partial charge is 0.225 e. The van der Waals surface area contributed by atoms with Gasteiger partial charge in [0.25, 0.3) is 0 Å². The summed E-state index contributed by atoms with van der Waals surface area (Å²) >= 11 is 0. The van der Waals surface area contributed by atoms with Gasteiger partial charge in [-0.3, -0.25) is 4.79 Å². The Kier molecular flexibility index (Phi) is 3.69. The highest BCUT2D eigenvalue weighted by Crippen LogP contribution is 2.31. The Labute approximate surface area is 136 Å². The highest BCUT2D eigenvalue weighted by molar-refractivity contribution is 5.81. The second-order valence-corrected chi connectivity index (χ2v) is 6.21. The summed E-state index contributed by atoms with van der Waals surface area (Å²) in [5, 5.41) is 0. The first-order valence-electron chi connectivity index (χ1n) is 8.22. The Morgan fingerprint density at radius 1 is 1.00 bits per heavy atom. The molecule has 1 aliphatic heterocycles. The van der Waals surface area contributed by atoms with E-state index in [0.717, 1.165) is 56.1 Å². The van der Waals surface area contributed by atoms with E-state index in [2.05, 4.69) is 27.0 Å². The number of aromatic nitrogens is 2. The fourth-order valence-electron chi connectivity index (χ4n) is 3.03. The van der Waals surface area contributed by atoms with Crippen LogP contribution < -0.4 is 4.90 Å². The van der Waals surface area contributed by atoms with Crippen molar-refractivity contribution < 1.29 is 4.79 Å². The minimum absolute atomic E-state index is 0.310. The van der Waals surface area contributed by atoms with Crippen molar-refractivity contribution in [3.8, 4) is 11.3 Å². The minimum Gasteiger partial charge on any atom is -0.353 e. The molecule has 0 radical (unpaired) electrons. The summed E-state index contributed by atoms with van der Waals surface area (Å²) < 4.78 is 0. The molecule has 0 spiro atoms. The molecule has 0 unspecified atom stereocenters. The number of carbonyl (C=O) groups is 1. The molecular formula is C18H20N4O. The van der Waals surface area contributed by atoms with Crippen molar-refractivity contribution in [1.29, 1.82) is 0 Å². The monoisotopic (exact) mass is 308 g/mol. The zero-order chi connectivity index (χ0) is 15.6. The number of hydrogen-bond donors (Lipinski definition) is 0. The molecule has 2 fully saturated rings. The maximum absolute atomic E-state index is 12.1. The predicted molar refractivity (Wildman–Crippen MR) is 89.0 cm³/mol. The SMILES string of the molecule is O=C(C1CC1)N1CCN(c2cc(-c3ccccc3)ncn2)CC1. The lowest BCUT2D eigenvalue weighted by Crippen LogP contribution is -2.49. The van der Waals surface area contributed by atoms with Crippen LogP contribution in [0, 0.1) is 5.92 Å². The molecule has 1 aliphatic carbocycles. The van der Waals surface area contributed by atoms with Crippen LogP contribution in [0.1, 0.15) is 12.8 Å². The summed E-state index contributed by atoms with van der Waals surface area (Å²) in [7, 11) is 0. The Balaban J connectivity index is 1.46. The Morgan fingerprint density at radius 2 is 1.74 bits per heavy atom. The Hall–Kier alpha value is -2.43. The second-order valence-electron chi connectivity index (χ2n) is 6.21. The molecule has 2 heterocycles. The van der Waals surface area contributed by atoms with E-state index in [-0.39, 0.29) is 0 Å². The van der Waals surface area contributed by atoms with Crippen molar-refractivity contribution in [2.45, 2.75) is 12.8 Å². The third-order valence-electron chi connectivity index (χ3n) is 4.56. The summed E-state index contributed by atoms with van der Waals surface area (Å²) in [5.41, 5.74) is 2.03. The van der Waals surface area contributed by atoms with Gasteiger partial charge in [-0.15, -0.1) is 0 Å². The molecule has 4 rings (SSSR count). The number of hydrogen-bond acceptors (Lipinski definition) is 4. The summed E-state index contributed by atoms with van der Waals surface area (Å²) in [4.78, 5) is 25.2. The summed E-state index contributed by atoms with van der Waals surface area (Å²) in [6.45, 7) is 3.26. The van der Waals surface area contributed by atoms with Gasteiger partial charge in [0, 0.05) is 43.7 Å². The Morgan fingerprint density at radius 3 is 2.43 bits per heavy atom. The van der Waals surface area contributed by atoms with Crippen LogP contribution in [-0.4, -0.2) is 47.0 Å². The van der Waals surface area contributed by atoms with Gasteiger partial charge in [-0.05, 0) is 12.8 Å². The third-order valence-corrected chi connectivity index (χ3v) is 4.56. The van der Waals surface area contributed by atoms with Crippen molar-refractivity contribution in [2.24, 2.45) is 5.92 Å². The number of nitrogens with zero attached hydrogens (tertiary/aromatic N) is 4. The molecule has 0 N–H and O–H groups in total. The highest BCUT2D eigenvalue weighted by atomic mass is 16.2. The van der Waals surface area contributed by atoms with Gasteiger partial charge >= 0.3 is 0 Å². The zero-order valence-corrected chi connectivity index (χ0v) is 13.1. The first-order chi connectivity index (χ1) is 11.3. The summed E-state index contributed by atoms with van der Waals surface area (Å²) in [6, 6.07) is 12.2. The van der Waals surface area contributed by atoms with Crippen LogP contribution in [0.3, 0.4) is 0 Å². The molecule has 1 aromatic heterocycles. The summed E-state index contributed by atoms with van der Waals surface area (Å²) in [6.07, 6.45) is 3.77. The first kappa shape index (κ1) is 14.2. The van der Waals surface area contributed by atoms with E-state index in [9.17, 15) is 4.79 Å². The van der Waals surface area contributed by atoms with Crippen molar-refractivity contribution in [3.05, 3.63) is 42.7 Å². The minimum atomic E-state index is 0.310. The van der Waals surface area contributed by atoms with Crippen LogP contribution in [-0.2, 0) is 4.79 Å². The molecule has 1 saturated heterocycles. The average molecular weight is 308 g/mol. The van der Waals surface area contributed by atoms with Gasteiger partial charge in [0.15, 0.2) is 0 Å². The fourth-order valence-corrected chi connectivity index (χ4v) is 3.03. The predicted octanol–water partition coefficient (Wildman–Crippen LogP) is 2.20. The van der Waals surface area contributed by atoms with Gasteiger partial charge in [-0.2, -0.15) is 0 Å². The molecule has 1 amide bonds. The van der Waals surface area contributed by atoms with E-state index in [0.29, 0.717) is 11.8 Å². The molecule has 0 bridgehead atoms. The first-order valence-corrected chi connectivity index (χ1v) is 8.22. The molecule has 5 heteroatoms. The molecule has 23 heavy (non-hydrogen) atoms. The van der Waals surface area contributed by atoms with Gasteiger partial charge in [0.2, 0.25) is 5.91 Å². The topological polar surface area (TPSA) is 49.3 Å². The number of carbonyl (C=O) groups excluding carboxylic acids is 1. The third kappa shape index (κ3) is 3.04.